The minimum absolute atomic E-state index is 0.0679. The summed E-state index contributed by atoms with van der Waals surface area (Å²) in [5.41, 5.74) is 1.41. The van der Waals surface area contributed by atoms with E-state index in [4.69, 9.17) is 0 Å². The van der Waals surface area contributed by atoms with Gasteiger partial charge in [0.15, 0.2) is 0 Å². The zero-order valence-electron chi connectivity index (χ0n) is 12.6. The third-order valence-electron chi connectivity index (χ3n) is 4.56. The Balaban J connectivity index is 1.73. The summed E-state index contributed by atoms with van der Waals surface area (Å²) < 4.78 is 0. The largest absolute Gasteiger partial charge is 0.508 e. The highest BCUT2D eigenvalue weighted by Crippen LogP contribution is 2.30. The number of benzene rings is 1. The van der Waals surface area contributed by atoms with Gasteiger partial charge in [0.05, 0.1) is 0 Å². The molecular formula is C17H24N2O2. The van der Waals surface area contributed by atoms with E-state index in [1.807, 2.05) is 24.0 Å². The molecule has 1 atom stereocenters. The fourth-order valence-corrected chi connectivity index (χ4v) is 3.05. The van der Waals surface area contributed by atoms with Crippen LogP contribution in [0, 0.1) is 12.8 Å². The van der Waals surface area contributed by atoms with E-state index in [9.17, 15) is 9.90 Å². The number of hydrogen-bond donors (Lipinski definition) is 2. The zero-order chi connectivity index (χ0) is 14.8. The molecule has 4 heteroatoms. The number of carbonyl (C=O) groups excluding carboxylic acids is 1. The molecule has 0 bridgehead atoms. The Morgan fingerprint density at radius 3 is 2.81 bits per heavy atom. The molecule has 1 saturated heterocycles. The van der Waals surface area contributed by atoms with Gasteiger partial charge in [-0.05, 0) is 69.3 Å². The second-order valence-electron chi connectivity index (χ2n) is 6.40. The summed E-state index contributed by atoms with van der Waals surface area (Å²) in [6, 6.07) is 5.65. The maximum atomic E-state index is 12.8. The third-order valence-corrected chi connectivity index (χ3v) is 4.56. The van der Waals surface area contributed by atoms with Crippen LogP contribution >= 0.6 is 0 Å². The average Bonchev–Trinajstić information content (AvgIpc) is 3.33. The molecule has 1 amide bonds. The highest BCUT2D eigenvalue weighted by atomic mass is 16.3. The first-order valence-corrected chi connectivity index (χ1v) is 7.96. The lowest BCUT2D eigenvalue weighted by Gasteiger charge is -2.30. The van der Waals surface area contributed by atoms with E-state index in [-0.39, 0.29) is 11.7 Å². The van der Waals surface area contributed by atoms with Gasteiger partial charge in [0.25, 0.3) is 5.91 Å². The molecule has 1 aliphatic heterocycles. The standard InChI is InChI=1S/C17H24N2O2/c1-12-4-5-14(9-16(12)20)17(21)19(15-6-7-15)11-13-3-2-8-18-10-13/h4-5,9,13,15,18,20H,2-3,6-8,10-11H2,1H3. The Bertz CT molecular complexity index is 520. The summed E-state index contributed by atoms with van der Waals surface area (Å²) >= 11 is 0. The molecular weight excluding hydrogens is 264 g/mol. The quantitative estimate of drug-likeness (QED) is 0.894. The van der Waals surface area contributed by atoms with Crippen molar-refractivity contribution in [2.75, 3.05) is 19.6 Å². The number of carbonyl (C=O) groups is 1. The highest BCUT2D eigenvalue weighted by molar-refractivity contribution is 5.95. The number of nitrogens with zero attached hydrogens (tertiary/aromatic N) is 1. The second kappa shape index (κ2) is 6.06. The van der Waals surface area contributed by atoms with Gasteiger partial charge in [0, 0.05) is 18.2 Å². The first-order valence-electron chi connectivity index (χ1n) is 7.96. The molecule has 4 nitrogen and oxygen atoms in total. The smallest absolute Gasteiger partial charge is 0.254 e. The summed E-state index contributed by atoms with van der Waals surface area (Å²) in [6.45, 7) is 4.79. The van der Waals surface area contributed by atoms with Gasteiger partial charge in [0.2, 0.25) is 0 Å². The Morgan fingerprint density at radius 1 is 1.38 bits per heavy atom. The number of aryl methyl sites for hydroxylation is 1. The maximum absolute atomic E-state index is 12.8. The van der Waals surface area contributed by atoms with Gasteiger partial charge in [-0.3, -0.25) is 4.79 Å². The number of nitrogens with one attached hydrogen (secondary N) is 1. The van der Waals surface area contributed by atoms with Gasteiger partial charge in [-0.25, -0.2) is 0 Å². The number of piperidine rings is 1. The van der Waals surface area contributed by atoms with E-state index in [1.165, 1.54) is 12.8 Å². The minimum Gasteiger partial charge on any atom is -0.508 e. The fourth-order valence-electron chi connectivity index (χ4n) is 3.05. The van der Waals surface area contributed by atoms with Crippen LogP contribution in [0.1, 0.15) is 41.6 Å². The van der Waals surface area contributed by atoms with Gasteiger partial charge in [0.1, 0.15) is 5.75 Å². The van der Waals surface area contributed by atoms with E-state index >= 15 is 0 Å². The van der Waals surface area contributed by atoms with Gasteiger partial charge >= 0.3 is 0 Å². The van der Waals surface area contributed by atoms with Crippen molar-refractivity contribution < 1.29 is 9.90 Å². The molecule has 1 heterocycles. The molecule has 2 aliphatic rings. The van der Waals surface area contributed by atoms with Crippen LogP contribution in [0.25, 0.3) is 0 Å². The number of phenolic OH excluding ortho intramolecular Hbond substituents is 1. The van der Waals surface area contributed by atoms with Gasteiger partial charge < -0.3 is 15.3 Å². The molecule has 1 aromatic rings. The zero-order valence-corrected chi connectivity index (χ0v) is 12.6. The first-order chi connectivity index (χ1) is 10.1. The topological polar surface area (TPSA) is 52.6 Å². The van der Waals surface area contributed by atoms with Crippen molar-refractivity contribution in [2.45, 2.75) is 38.6 Å². The summed E-state index contributed by atoms with van der Waals surface area (Å²) in [4.78, 5) is 14.8. The normalized spacial score (nSPS) is 22.0. The number of rotatable bonds is 4. The lowest BCUT2D eigenvalue weighted by atomic mass is 9.98. The predicted octanol–water partition coefficient (Wildman–Crippen LogP) is 2.30. The third kappa shape index (κ3) is 3.38. The molecule has 0 spiro atoms. The molecule has 1 unspecified atom stereocenters. The minimum atomic E-state index is 0.0679. The van der Waals surface area contributed by atoms with Crippen LogP contribution in [0.5, 0.6) is 5.75 Å². The lowest BCUT2D eigenvalue weighted by molar-refractivity contribution is 0.0703. The van der Waals surface area contributed by atoms with Crippen LogP contribution in [0.15, 0.2) is 18.2 Å². The van der Waals surface area contributed by atoms with Crippen LogP contribution in [0.2, 0.25) is 0 Å². The fraction of sp³-hybridized carbons (Fsp3) is 0.588. The molecule has 3 rings (SSSR count). The Morgan fingerprint density at radius 2 is 2.19 bits per heavy atom. The monoisotopic (exact) mass is 288 g/mol. The van der Waals surface area contributed by atoms with Crippen LogP contribution in [0.4, 0.5) is 0 Å². The molecule has 0 aromatic heterocycles. The SMILES string of the molecule is Cc1ccc(C(=O)N(CC2CCCNC2)C2CC2)cc1O. The van der Waals surface area contributed by atoms with Crippen molar-refractivity contribution in [1.29, 1.82) is 0 Å². The Labute approximate surface area is 126 Å². The van der Waals surface area contributed by atoms with Gasteiger partial charge in [-0.2, -0.15) is 0 Å². The Kier molecular flexibility index (Phi) is 4.15. The summed E-state index contributed by atoms with van der Waals surface area (Å²) in [7, 11) is 0. The average molecular weight is 288 g/mol. The van der Waals surface area contributed by atoms with E-state index in [0.717, 1.165) is 38.0 Å². The van der Waals surface area contributed by atoms with Crippen molar-refractivity contribution in [1.82, 2.24) is 10.2 Å². The molecule has 114 valence electrons. The summed E-state index contributed by atoms with van der Waals surface area (Å²) in [6.07, 6.45) is 4.62. The number of aromatic hydroxyl groups is 1. The maximum Gasteiger partial charge on any atom is 0.254 e. The lowest BCUT2D eigenvalue weighted by Crippen LogP contribution is -2.42. The highest BCUT2D eigenvalue weighted by Gasteiger charge is 2.34. The Hall–Kier alpha value is -1.55. The summed E-state index contributed by atoms with van der Waals surface area (Å²) in [5.74, 6) is 0.830. The molecule has 1 aromatic carbocycles. The van der Waals surface area contributed by atoms with Crippen molar-refractivity contribution in [3.8, 4) is 5.75 Å². The second-order valence-corrected chi connectivity index (χ2v) is 6.40. The van der Waals surface area contributed by atoms with Crippen molar-refractivity contribution in [3.63, 3.8) is 0 Å². The number of amides is 1. The van der Waals surface area contributed by atoms with E-state index in [1.54, 1.807) is 6.07 Å². The van der Waals surface area contributed by atoms with E-state index in [0.29, 0.717) is 17.5 Å². The number of phenols is 1. The predicted molar refractivity (Wildman–Crippen MR) is 82.5 cm³/mol. The van der Waals surface area contributed by atoms with Crippen LogP contribution in [-0.4, -0.2) is 41.6 Å². The molecule has 21 heavy (non-hydrogen) atoms. The van der Waals surface area contributed by atoms with Crippen LogP contribution < -0.4 is 5.32 Å². The van der Waals surface area contributed by atoms with Gasteiger partial charge in [-0.1, -0.05) is 6.07 Å². The molecule has 1 aliphatic carbocycles. The molecule has 0 radical (unpaired) electrons. The number of hydrogen-bond acceptors (Lipinski definition) is 3. The summed E-state index contributed by atoms with van der Waals surface area (Å²) in [5, 5.41) is 13.2. The van der Waals surface area contributed by atoms with E-state index in [2.05, 4.69) is 5.32 Å². The van der Waals surface area contributed by atoms with Crippen molar-refractivity contribution in [3.05, 3.63) is 29.3 Å². The molecule has 2 N–H and O–H groups in total. The van der Waals surface area contributed by atoms with Crippen LogP contribution in [-0.2, 0) is 0 Å². The van der Waals surface area contributed by atoms with Crippen molar-refractivity contribution in [2.24, 2.45) is 5.92 Å². The molecule has 2 fully saturated rings. The van der Waals surface area contributed by atoms with Crippen molar-refractivity contribution >= 4 is 5.91 Å². The van der Waals surface area contributed by atoms with E-state index < -0.39 is 0 Å². The molecule has 1 saturated carbocycles. The van der Waals surface area contributed by atoms with Crippen LogP contribution in [0.3, 0.4) is 0 Å². The van der Waals surface area contributed by atoms with Gasteiger partial charge in [-0.15, -0.1) is 0 Å². The first kappa shape index (κ1) is 14.4.